The summed E-state index contributed by atoms with van der Waals surface area (Å²) in [7, 11) is 0. The SMILES string of the molecule is Nc1ccc(NCC2CC(O)C2)nc1. The number of anilines is 2. The number of nitrogens with two attached hydrogens (primary N) is 1. The topological polar surface area (TPSA) is 71.2 Å². The molecule has 0 atom stereocenters. The molecule has 4 nitrogen and oxygen atoms in total. The van der Waals surface area contributed by atoms with Gasteiger partial charge in [0.25, 0.3) is 0 Å². The molecular weight excluding hydrogens is 178 g/mol. The van der Waals surface area contributed by atoms with E-state index in [1.54, 1.807) is 6.20 Å². The van der Waals surface area contributed by atoms with Gasteiger partial charge in [-0.3, -0.25) is 0 Å². The molecule has 0 saturated heterocycles. The summed E-state index contributed by atoms with van der Waals surface area (Å²) < 4.78 is 0. The molecule has 0 unspecified atom stereocenters. The Bertz CT molecular complexity index is 293. The quantitative estimate of drug-likeness (QED) is 0.665. The maximum atomic E-state index is 9.09. The van der Waals surface area contributed by atoms with Gasteiger partial charge in [-0.05, 0) is 30.9 Å². The van der Waals surface area contributed by atoms with E-state index in [-0.39, 0.29) is 6.10 Å². The minimum Gasteiger partial charge on any atom is -0.397 e. The lowest BCUT2D eigenvalue weighted by atomic mass is 9.82. The molecule has 1 aliphatic rings. The second kappa shape index (κ2) is 3.84. The Labute approximate surface area is 83.2 Å². The van der Waals surface area contributed by atoms with Gasteiger partial charge in [-0.2, -0.15) is 0 Å². The second-order valence-corrected chi connectivity index (χ2v) is 3.85. The van der Waals surface area contributed by atoms with Gasteiger partial charge in [-0.1, -0.05) is 0 Å². The highest BCUT2D eigenvalue weighted by atomic mass is 16.3. The van der Waals surface area contributed by atoms with Gasteiger partial charge < -0.3 is 16.2 Å². The molecule has 76 valence electrons. The molecule has 0 aliphatic heterocycles. The van der Waals surface area contributed by atoms with Crippen LogP contribution in [-0.2, 0) is 0 Å². The van der Waals surface area contributed by atoms with E-state index < -0.39 is 0 Å². The minimum absolute atomic E-state index is 0.0822. The van der Waals surface area contributed by atoms with Crippen LogP contribution in [0.5, 0.6) is 0 Å². The molecule has 1 saturated carbocycles. The first kappa shape index (κ1) is 9.27. The number of pyridine rings is 1. The number of aliphatic hydroxyl groups is 1. The molecule has 0 amide bonds. The Kier molecular flexibility index (Phi) is 2.54. The van der Waals surface area contributed by atoms with Crippen LogP contribution in [-0.4, -0.2) is 22.7 Å². The van der Waals surface area contributed by atoms with Crippen molar-refractivity contribution in [3.8, 4) is 0 Å². The van der Waals surface area contributed by atoms with Gasteiger partial charge in [0.2, 0.25) is 0 Å². The molecule has 1 aliphatic carbocycles. The van der Waals surface area contributed by atoms with Crippen molar-refractivity contribution in [2.24, 2.45) is 5.92 Å². The number of hydrogen-bond acceptors (Lipinski definition) is 4. The average molecular weight is 193 g/mol. The number of aliphatic hydroxyl groups excluding tert-OH is 1. The van der Waals surface area contributed by atoms with Gasteiger partial charge >= 0.3 is 0 Å². The van der Waals surface area contributed by atoms with Crippen LogP contribution < -0.4 is 11.1 Å². The molecule has 0 radical (unpaired) electrons. The average Bonchev–Trinajstić information content (AvgIpc) is 2.13. The highest BCUT2D eigenvalue weighted by Gasteiger charge is 2.26. The zero-order valence-corrected chi connectivity index (χ0v) is 7.98. The summed E-state index contributed by atoms with van der Waals surface area (Å²) in [6.07, 6.45) is 3.36. The van der Waals surface area contributed by atoms with Crippen molar-refractivity contribution in [1.82, 2.24) is 4.98 Å². The van der Waals surface area contributed by atoms with Crippen molar-refractivity contribution < 1.29 is 5.11 Å². The van der Waals surface area contributed by atoms with Crippen LogP contribution in [0.25, 0.3) is 0 Å². The third kappa shape index (κ3) is 2.14. The van der Waals surface area contributed by atoms with E-state index in [2.05, 4.69) is 10.3 Å². The molecule has 4 N–H and O–H groups in total. The van der Waals surface area contributed by atoms with Crippen molar-refractivity contribution in [2.75, 3.05) is 17.6 Å². The summed E-state index contributed by atoms with van der Waals surface area (Å²) in [6, 6.07) is 3.69. The Balaban J connectivity index is 1.78. The van der Waals surface area contributed by atoms with E-state index in [1.807, 2.05) is 12.1 Å². The molecule has 1 aromatic heterocycles. The van der Waals surface area contributed by atoms with Crippen LogP contribution in [0.2, 0.25) is 0 Å². The smallest absolute Gasteiger partial charge is 0.126 e. The van der Waals surface area contributed by atoms with Gasteiger partial charge in [-0.25, -0.2) is 4.98 Å². The summed E-state index contributed by atoms with van der Waals surface area (Å²) >= 11 is 0. The van der Waals surface area contributed by atoms with Crippen LogP contribution in [0.1, 0.15) is 12.8 Å². The zero-order chi connectivity index (χ0) is 9.97. The van der Waals surface area contributed by atoms with Crippen LogP contribution in [0.3, 0.4) is 0 Å². The normalized spacial score (nSPS) is 25.5. The number of aromatic nitrogens is 1. The Hall–Kier alpha value is -1.29. The lowest BCUT2D eigenvalue weighted by Gasteiger charge is -2.31. The molecule has 2 rings (SSSR count). The van der Waals surface area contributed by atoms with Crippen LogP contribution in [0.15, 0.2) is 18.3 Å². The van der Waals surface area contributed by atoms with Gasteiger partial charge in [0.15, 0.2) is 0 Å². The van der Waals surface area contributed by atoms with Gasteiger partial charge in [0.05, 0.1) is 18.0 Å². The predicted octanol–water partition coefficient (Wildman–Crippen LogP) is 0.847. The highest BCUT2D eigenvalue weighted by Crippen LogP contribution is 2.26. The van der Waals surface area contributed by atoms with Gasteiger partial charge in [0, 0.05) is 6.54 Å². The summed E-state index contributed by atoms with van der Waals surface area (Å²) in [4.78, 5) is 4.13. The number of nitrogens with one attached hydrogen (secondary N) is 1. The van der Waals surface area contributed by atoms with Crippen molar-refractivity contribution >= 4 is 11.5 Å². The van der Waals surface area contributed by atoms with E-state index >= 15 is 0 Å². The Morgan fingerprint density at radius 3 is 2.86 bits per heavy atom. The van der Waals surface area contributed by atoms with Gasteiger partial charge in [0.1, 0.15) is 5.82 Å². The van der Waals surface area contributed by atoms with Crippen LogP contribution in [0, 0.1) is 5.92 Å². The maximum absolute atomic E-state index is 9.09. The van der Waals surface area contributed by atoms with E-state index in [9.17, 15) is 0 Å². The highest BCUT2D eigenvalue weighted by molar-refractivity contribution is 5.43. The molecule has 4 heteroatoms. The first-order chi connectivity index (χ1) is 6.74. The lowest BCUT2D eigenvalue weighted by Crippen LogP contribution is -2.33. The molecule has 14 heavy (non-hydrogen) atoms. The van der Waals surface area contributed by atoms with Crippen LogP contribution in [0.4, 0.5) is 11.5 Å². The number of nitrogens with zero attached hydrogens (tertiary/aromatic N) is 1. The standard InChI is InChI=1S/C10H15N3O/c11-8-1-2-10(13-6-8)12-5-7-3-9(14)4-7/h1-2,6-7,9,14H,3-5,11H2,(H,12,13). The summed E-state index contributed by atoms with van der Waals surface area (Å²) in [5.74, 6) is 1.44. The predicted molar refractivity (Wildman–Crippen MR) is 55.9 cm³/mol. The lowest BCUT2D eigenvalue weighted by molar-refractivity contribution is 0.0486. The monoisotopic (exact) mass is 193 g/mol. The zero-order valence-electron chi connectivity index (χ0n) is 7.98. The number of hydrogen-bond donors (Lipinski definition) is 3. The van der Waals surface area contributed by atoms with Crippen molar-refractivity contribution in [3.05, 3.63) is 18.3 Å². The third-order valence-electron chi connectivity index (χ3n) is 2.57. The summed E-state index contributed by atoms with van der Waals surface area (Å²) in [5, 5.41) is 12.3. The minimum atomic E-state index is -0.0822. The Morgan fingerprint density at radius 1 is 1.50 bits per heavy atom. The fraction of sp³-hybridized carbons (Fsp3) is 0.500. The molecular formula is C10H15N3O. The molecule has 0 bridgehead atoms. The van der Waals surface area contributed by atoms with E-state index in [4.69, 9.17) is 10.8 Å². The maximum Gasteiger partial charge on any atom is 0.126 e. The van der Waals surface area contributed by atoms with E-state index in [0.717, 1.165) is 25.2 Å². The Morgan fingerprint density at radius 2 is 2.29 bits per heavy atom. The number of nitrogen functional groups attached to an aromatic ring is 1. The molecule has 0 spiro atoms. The van der Waals surface area contributed by atoms with Gasteiger partial charge in [-0.15, -0.1) is 0 Å². The molecule has 1 aromatic rings. The van der Waals surface area contributed by atoms with Crippen molar-refractivity contribution in [2.45, 2.75) is 18.9 Å². The first-order valence-corrected chi connectivity index (χ1v) is 4.87. The van der Waals surface area contributed by atoms with Crippen LogP contribution >= 0.6 is 0 Å². The van der Waals surface area contributed by atoms with Crippen molar-refractivity contribution in [1.29, 1.82) is 0 Å². The fourth-order valence-corrected chi connectivity index (χ4v) is 1.63. The summed E-state index contributed by atoms with van der Waals surface area (Å²) in [6.45, 7) is 0.883. The molecule has 0 aromatic carbocycles. The first-order valence-electron chi connectivity index (χ1n) is 4.87. The molecule has 1 heterocycles. The number of rotatable bonds is 3. The van der Waals surface area contributed by atoms with E-state index in [0.29, 0.717) is 11.6 Å². The summed E-state index contributed by atoms with van der Waals surface area (Å²) in [5.41, 5.74) is 6.19. The fourth-order valence-electron chi connectivity index (χ4n) is 1.63. The largest absolute Gasteiger partial charge is 0.397 e. The van der Waals surface area contributed by atoms with E-state index in [1.165, 1.54) is 0 Å². The third-order valence-corrected chi connectivity index (χ3v) is 2.57. The second-order valence-electron chi connectivity index (χ2n) is 3.85. The van der Waals surface area contributed by atoms with Crippen molar-refractivity contribution in [3.63, 3.8) is 0 Å². The molecule has 1 fully saturated rings.